The molecule has 9 heteroatoms. The van der Waals surface area contributed by atoms with Crippen LogP contribution in [-0.2, 0) is 11.8 Å². The van der Waals surface area contributed by atoms with Crippen LogP contribution >= 0.6 is 0 Å². The number of halogens is 3. The lowest BCUT2D eigenvalue weighted by Crippen LogP contribution is -2.38. The van der Waals surface area contributed by atoms with E-state index in [2.05, 4.69) is 20.6 Å². The Bertz CT molecular complexity index is 816. The van der Waals surface area contributed by atoms with E-state index in [9.17, 15) is 18.3 Å². The molecule has 1 fully saturated rings. The van der Waals surface area contributed by atoms with E-state index in [0.717, 1.165) is 19.4 Å². The molecule has 0 unspecified atom stereocenters. The van der Waals surface area contributed by atoms with E-state index in [-0.39, 0.29) is 17.7 Å². The summed E-state index contributed by atoms with van der Waals surface area (Å²) in [6, 6.07) is 6.41. The number of nitrogens with zero attached hydrogens (tertiary/aromatic N) is 2. The van der Waals surface area contributed by atoms with Gasteiger partial charge in [-0.3, -0.25) is 0 Å². The Morgan fingerprint density at radius 1 is 1.21 bits per heavy atom. The zero-order valence-corrected chi connectivity index (χ0v) is 15.7. The minimum absolute atomic E-state index is 0.0296. The molecule has 1 atom stereocenters. The van der Waals surface area contributed by atoms with E-state index in [1.165, 1.54) is 19.9 Å². The number of aliphatic hydroxyl groups is 1. The number of anilines is 1. The fraction of sp³-hybridized carbons (Fsp3) is 0.474. The number of para-hydroxylation sites is 1. The molecule has 0 saturated carbocycles. The van der Waals surface area contributed by atoms with Crippen molar-refractivity contribution in [3.05, 3.63) is 41.6 Å². The number of alkyl halides is 3. The van der Waals surface area contributed by atoms with Gasteiger partial charge in [-0.15, -0.1) is 0 Å². The lowest BCUT2D eigenvalue weighted by Gasteiger charge is -2.24. The number of rotatable bonds is 5. The van der Waals surface area contributed by atoms with Crippen LogP contribution in [0.2, 0.25) is 0 Å². The molecule has 1 aliphatic rings. The first-order valence-electron chi connectivity index (χ1n) is 9.06. The highest BCUT2D eigenvalue weighted by Gasteiger charge is 2.37. The Morgan fingerprint density at radius 2 is 1.96 bits per heavy atom. The topological polar surface area (TPSA) is 79.3 Å². The van der Waals surface area contributed by atoms with Gasteiger partial charge in [-0.05, 0) is 39.3 Å². The number of nitrogens with one attached hydrogen (secondary N) is 2. The van der Waals surface area contributed by atoms with E-state index in [0.29, 0.717) is 18.3 Å². The quantitative estimate of drug-likeness (QED) is 0.716. The molecule has 6 nitrogen and oxygen atoms in total. The number of hydrogen-bond acceptors (Lipinski definition) is 6. The maximum absolute atomic E-state index is 13.4. The molecule has 1 aliphatic heterocycles. The molecule has 0 aliphatic carbocycles. The van der Waals surface area contributed by atoms with Crippen LogP contribution < -0.4 is 15.4 Å². The van der Waals surface area contributed by atoms with Gasteiger partial charge in [0.25, 0.3) is 0 Å². The molecule has 2 heterocycles. The Balaban J connectivity index is 1.95. The van der Waals surface area contributed by atoms with Crippen LogP contribution in [0.4, 0.5) is 19.1 Å². The molecule has 0 bridgehead atoms. The maximum Gasteiger partial charge on any atom is 0.423 e. The maximum atomic E-state index is 13.4. The van der Waals surface area contributed by atoms with E-state index in [4.69, 9.17) is 4.74 Å². The van der Waals surface area contributed by atoms with Crippen molar-refractivity contribution in [2.45, 2.75) is 44.5 Å². The molecule has 3 rings (SSSR count). The van der Waals surface area contributed by atoms with Crippen LogP contribution in [0.3, 0.4) is 0 Å². The van der Waals surface area contributed by atoms with Crippen LogP contribution in [0.1, 0.15) is 37.8 Å². The van der Waals surface area contributed by atoms with Crippen molar-refractivity contribution < 1.29 is 23.0 Å². The van der Waals surface area contributed by atoms with Crippen molar-refractivity contribution in [2.75, 3.05) is 18.4 Å². The first-order valence-corrected chi connectivity index (χ1v) is 9.06. The SMILES string of the molecule is CC(C)(O)c1ccccc1Oc1nc(N[C@H]2CCCNC2)ncc1C(F)(F)F. The second-order valence-electron chi connectivity index (χ2n) is 7.26. The number of aromatic nitrogens is 2. The molecule has 0 radical (unpaired) electrons. The third kappa shape index (κ3) is 4.90. The van der Waals surface area contributed by atoms with Gasteiger partial charge in [0.1, 0.15) is 11.3 Å². The van der Waals surface area contributed by atoms with E-state index in [1.54, 1.807) is 18.2 Å². The van der Waals surface area contributed by atoms with Crippen LogP contribution in [-0.4, -0.2) is 34.2 Å². The molecule has 0 amide bonds. The Kier molecular flexibility index (Phi) is 5.76. The highest BCUT2D eigenvalue weighted by atomic mass is 19.4. The van der Waals surface area contributed by atoms with Crippen molar-refractivity contribution in [2.24, 2.45) is 0 Å². The van der Waals surface area contributed by atoms with Crippen molar-refractivity contribution >= 4 is 5.95 Å². The molecule has 1 saturated heterocycles. The van der Waals surface area contributed by atoms with Crippen LogP contribution in [0.15, 0.2) is 30.5 Å². The smallest absolute Gasteiger partial charge is 0.423 e. The summed E-state index contributed by atoms with van der Waals surface area (Å²) in [5.74, 6) is -0.438. The summed E-state index contributed by atoms with van der Waals surface area (Å²) in [4.78, 5) is 7.79. The predicted molar refractivity (Wildman–Crippen MR) is 98.3 cm³/mol. The lowest BCUT2D eigenvalue weighted by molar-refractivity contribution is -0.139. The normalized spacial score (nSPS) is 18.0. The zero-order valence-electron chi connectivity index (χ0n) is 15.7. The average Bonchev–Trinajstić information content (AvgIpc) is 2.61. The predicted octanol–water partition coefficient (Wildman–Crippen LogP) is 3.68. The Morgan fingerprint density at radius 3 is 2.61 bits per heavy atom. The van der Waals surface area contributed by atoms with Gasteiger partial charge in [0, 0.05) is 24.3 Å². The first-order chi connectivity index (χ1) is 13.1. The van der Waals surface area contributed by atoms with Crippen LogP contribution in [0, 0.1) is 0 Å². The number of piperidine rings is 1. The van der Waals surface area contributed by atoms with Crippen molar-refractivity contribution in [3.8, 4) is 11.6 Å². The summed E-state index contributed by atoms with van der Waals surface area (Å²) in [5.41, 5.74) is -2.02. The fourth-order valence-corrected chi connectivity index (χ4v) is 3.03. The van der Waals surface area contributed by atoms with Gasteiger partial charge in [-0.2, -0.15) is 18.2 Å². The summed E-state index contributed by atoms with van der Waals surface area (Å²) >= 11 is 0. The summed E-state index contributed by atoms with van der Waals surface area (Å²) < 4.78 is 45.8. The van der Waals surface area contributed by atoms with Gasteiger partial charge in [0.15, 0.2) is 0 Å². The highest BCUT2D eigenvalue weighted by Crippen LogP contribution is 2.39. The van der Waals surface area contributed by atoms with Crippen molar-refractivity contribution in [3.63, 3.8) is 0 Å². The first kappa shape index (κ1) is 20.3. The minimum Gasteiger partial charge on any atom is -0.438 e. The molecule has 1 aromatic carbocycles. The third-order valence-electron chi connectivity index (χ3n) is 4.44. The standard InChI is InChI=1S/C19H23F3N4O2/c1-18(2,27)13-7-3-4-8-15(13)28-16-14(19(20,21)22)11-24-17(26-16)25-12-6-5-9-23-10-12/h3-4,7-8,11-12,23,27H,5-6,9-10H2,1-2H3,(H,24,25,26)/t12-/m0/s1. The van der Waals surface area contributed by atoms with Gasteiger partial charge < -0.3 is 20.5 Å². The lowest BCUT2D eigenvalue weighted by atomic mass is 9.97. The van der Waals surface area contributed by atoms with Gasteiger partial charge >= 0.3 is 6.18 Å². The van der Waals surface area contributed by atoms with Gasteiger partial charge in [-0.1, -0.05) is 18.2 Å². The monoisotopic (exact) mass is 396 g/mol. The molecule has 2 aromatic rings. The Hall–Kier alpha value is -2.39. The van der Waals surface area contributed by atoms with Crippen LogP contribution in [0.25, 0.3) is 0 Å². The number of hydrogen-bond donors (Lipinski definition) is 3. The summed E-state index contributed by atoms with van der Waals surface area (Å²) in [6.07, 6.45) is -2.13. The van der Waals surface area contributed by atoms with E-state index >= 15 is 0 Å². The highest BCUT2D eigenvalue weighted by molar-refractivity contribution is 5.43. The summed E-state index contributed by atoms with van der Waals surface area (Å²) in [5, 5.41) is 16.6. The Labute approximate surface area is 161 Å². The van der Waals surface area contributed by atoms with Crippen molar-refractivity contribution in [1.82, 2.24) is 15.3 Å². The minimum atomic E-state index is -4.68. The average molecular weight is 396 g/mol. The number of ether oxygens (including phenoxy) is 1. The summed E-state index contributed by atoms with van der Waals surface area (Å²) in [6.45, 7) is 4.65. The van der Waals surface area contributed by atoms with Gasteiger partial charge in [0.2, 0.25) is 11.8 Å². The molecular formula is C19H23F3N4O2. The molecular weight excluding hydrogens is 373 g/mol. The summed E-state index contributed by atoms with van der Waals surface area (Å²) in [7, 11) is 0. The molecule has 28 heavy (non-hydrogen) atoms. The van der Waals surface area contributed by atoms with Gasteiger partial charge in [-0.25, -0.2) is 4.98 Å². The van der Waals surface area contributed by atoms with Crippen molar-refractivity contribution in [1.29, 1.82) is 0 Å². The van der Waals surface area contributed by atoms with E-state index < -0.39 is 23.2 Å². The zero-order chi connectivity index (χ0) is 20.4. The number of benzene rings is 1. The van der Waals surface area contributed by atoms with E-state index in [1.807, 2.05) is 0 Å². The fourth-order valence-electron chi connectivity index (χ4n) is 3.03. The molecule has 152 valence electrons. The third-order valence-corrected chi connectivity index (χ3v) is 4.44. The molecule has 1 aromatic heterocycles. The second-order valence-corrected chi connectivity index (χ2v) is 7.26. The molecule has 0 spiro atoms. The molecule has 3 N–H and O–H groups in total. The van der Waals surface area contributed by atoms with Gasteiger partial charge in [0.05, 0.1) is 5.60 Å². The van der Waals surface area contributed by atoms with Crippen LogP contribution in [0.5, 0.6) is 11.6 Å². The largest absolute Gasteiger partial charge is 0.438 e. The second kappa shape index (κ2) is 7.92.